The molecule has 2 aromatic carbocycles. The summed E-state index contributed by atoms with van der Waals surface area (Å²) in [5.41, 5.74) is 1.63. The Kier molecular flexibility index (Phi) is 5.21. The summed E-state index contributed by atoms with van der Waals surface area (Å²) in [5, 5.41) is 0. The van der Waals surface area contributed by atoms with Gasteiger partial charge in [0, 0.05) is 5.75 Å². The van der Waals surface area contributed by atoms with Gasteiger partial charge in [-0.05, 0) is 24.0 Å². The van der Waals surface area contributed by atoms with E-state index in [2.05, 4.69) is 38.1 Å². The third kappa shape index (κ3) is 2.74. The van der Waals surface area contributed by atoms with Crippen molar-refractivity contribution < 1.29 is 8.95 Å². The first-order valence-electron chi connectivity index (χ1n) is 8.91. The lowest BCUT2D eigenvalue weighted by molar-refractivity contribution is 0.309. The SMILES string of the molecule is CCCCS(=O)C1(CCC)OC1(c1ccccc1)c1ccccc1. The maximum Gasteiger partial charge on any atom is 0.181 e. The van der Waals surface area contributed by atoms with E-state index in [1.165, 1.54) is 0 Å². The van der Waals surface area contributed by atoms with Crippen LogP contribution < -0.4 is 0 Å². The van der Waals surface area contributed by atoms with E-state index in [9.17, 15) is 4.21 Å². The molecule has 2 nitrogen and oxygen atoms in total. The molecule has 1 fully saturated rings. The van der Waals surface area contributed by atoms with Gasteiger partial charge in [-0.1, -0.05) is 87.4 Å². The van der Waals surface area contributed by atoms with Gasteiger partial charge >= 0.3 is 0 Å². The molecular weight excluding hydrogens is 316 g/mol. The van der Waals surface area contributed by atoms with E-state index < -0.39 is 21.3 Å². The number of ether oxygens (including phenoxy) is 1. The van der Waals surface area contributed by atoms with Crippen LogP contribution in [-0.2, 0) is 21.1 Å². The maximum absolute atomic E-state index is 13.2. The number of unbranched alkanes of at least 4 members (excludes halogenated alkanes) is 1. The van der Waals surface area contributed by atoms with Gasteiger partial charge in [0.15, 0.2) is 10.5 Å². The highest BCUT2D eigenvalue weighted by atomic mass is 32.2. The summed E-state index contributed by atoms with van der Waals surface area (Å²) >= 11 is 0. The predicted octanol–water partition coefficient (Wildman–Crippen LogP) is 5.01. The minimum Gasteiger partial charge on any atom is -0.338 e. The van der Waals surface area contributed by atoms with Crippen LogP contribution in [0.1, 0.15) is 50.7 Å². The fourth-order valence-electron chi connectivity index (χ4n) is 3.61. The summed E-state index contributed by atoms with van der Waals surface area (Å²) in [7, 11) is -1.01. The molecule has 3 heteroatoms. The highest BCUT2D eigenvalue weighted by molar-refractivity contribution is 7.86. The van der Waals surface area contributed by atoms with Crippen molar-refractivity contribution in [2.24, 2.45) is 0 Å². The molecule has 0 aromatic heterocycles. The number of hydrogen-bond acceptors (Lipinski definition) is 2. The molecule has 2 aromatic rings. The Bertz CT molecular complexity index is 644. The van der Waals surface area contributed by atoms with Gasteiger partial charge in [-0.15, -0.1) is 0 Å². The van der Waals surface area contributed by atoms with Crippen molar-refractivity contribution in [2.75, 3.05) is 5.75 Å². The number of rotatable bonds is 8. The van der Waals surface area contributed by atoms with Gasteiger partial charge in [0.05, 0.1) is 10.8 Å². The monoisotopic (exact) mass is 342 g/mol. The smallest absolute Gasteiger partial charge is 0.181 e. The fraction of sp³-hybridized carbons (Fsp3) is 0.429. The van der Waals surface area contributed by atoms with E-state index in [1.54, 1.807) is 0 Å². The summed E-state index contributed by atoms with van der Waals surface area (Å²) in [5.74, 6) is 0.706. The molecule has 24 heavy (non-hydrogen) atoms. The molecule has 128 valence electrons. The molecule has 3 rings (SSSR count). The van der Waals surface area contributed by atoms with Crippen LogP contribution in [0, 0.1) is 0 Å². The van der Waals surface area contributed by atoms with E-state index in [1.807, 2.05) is 36.4 Å². The van der Waals surface area contributed by atoms with Gasteiger partial charge in [0.1, 0.15) is 0 Å². The molecule has 1 aliphatic rings. The average molecular weight is 343 g/mol. The van der Waals surface area contributed by atoms with Gasteiger partial charge in [0.2, 0.25) is 0 Å². The van der Waals surface area contributed by atoms with Crippen LogP contribution in [-0.4, -0.2) is 14.9 Å². The van der Waals surface area contributed by atoms with Crippen molar-refractivity contribution in [3.8, 4) is 0 Å². The maximum atomic E-state index is 13.2. The van der Waals surface area contributed by atoms with Crippen LogP contribution in [0.4, 0.5) is 0 Å². The third-order valence-electron chi connectivity index (χ3n) is 4.80. The minimum atomic E-state index is -1.01. The minimum absolute atomic E-state index is 0.579. The molecular formula is C21H26O2S. The Morgan fingerprint density at radius 1 is 0.875 bits per heavy atom. The van der Waals surface area contributed by atoms with E-state index in [-0.39, 0.29) is 0 Å². The summed E-state index contributed by atoms with van der Waals surface area (Å²) in [4.78, 5) is -0.598. The summed E-state index contributed by atoms with van der Waals surface area (Å²) in [6.45, 7) is 4.28. The first-order valence-corrected chi connectivity index (χ1v) is 10.2. The van der Waals surface area contributed by atoms with Crippen molar-refractivity contribution in [1.29, 1.82) is 0 Å². The van der Waals surface area contributed by atoms with Crippen molar-refractivity contribution >= 4 is 10.8 Å². The molecule has 1 heterocycles. The van der Waals surface area contributed by atoms with E-state index in [0.717, 1.165) is 36.8 Å². The fourth-order valence-corrected chi connectivity index (χ4v) is 5.70. The van der Waals surface area contributed by atoms with Gasteiger partial charge in [0.25, 0.3) is 0 Å². The summed E-state index contributed by atoms with van der Waals surface area (Å²) < 4.78 is 19.7. The highest BCUT2D eigenvalue weighted by Crippen LogP contribution is 2.64. The highest BCUT2D eigenvalue weighted by Gasteiger charge is 2.74. The first kappa shape index (κ1) is 17.4. The lowest BCUT2D eigenvalue weighted by Crippen LogP contribution is -2.31. The van der Waals surface area contributed by atoms with Crippen LogP contribution >= 0.6 is 0 Å². The zero-order valence-corrected chi connectivity index (χ0v) is 15.4. The number of epoxide rings is 1. The average Bonchev–Trinajstić information content (AvgIpc) is 3.33. The molecule has 2 unspecified atom stereocenters. The molecule has 0 N–H and O–H groups in total. The second-order valence-electron chi connectivity index (χ2n) is 6.42. The largest absolute Gasteiger partial charge is 0.338 e. The standard InChI is InChI=1S/C21H26O2S/c1-3-5-17-24(22)20(16-4-2)21(23-20,18-12-8-6-9-13-18)19-14-10-7-11-15-19/h6-15H,3-5,16-17H2,1-2H3. The summed E-state index contributed by atoms with van der Waals surface area (Å²) in [6.07, 6.45) is 3.80. The lowest BCUT2D eigenvalue weighted by atomic mass is 9.86. The molecule has 0 radical (unpaired) electrons. The second-order valence-corrected chi connectivity index (χ2v) is 8.18. The van der Waals surface area contributed by atoms with E-state index >= 15 is 0 Å². The van der Waals surface area contributed by atoms with Gasteiger partial charge in [-0.2, -0.15) is 0 Å². The molecule has 1 aliphatic heterocycles. The van der Waals surface area contributed by atoms with E-state index in [0.29, 0.717) is 5.75 Å². The van der Waals surface area contributed by atoms with Crippen LogP contribution in [0.3, 0.4) is 0 Å². The molecule has 2 atom stereocenters. The molecule has 1 saturated heterocycles. The zero-order valence-electron chi connectivity index (χ0n) is 14.5. The van der Waals surface area contributed by atoms with Crippen molar-refractivity contribution in [3.63, 3.8) is 0 Å². The van der Waals surface area contributed by atoms with Crippen molar-refractivity contribution in [1.82, 2.24) is 0 Å². The molecule has 0 bridgehead atoms. The Labute approximate surface area is 147 Å². The molecule has 0 saturated carbocycles. The lowest BCUT2D eigenvalue weighted by Gasteiger charge is -2.21. The molecule has 0 spiro atoms. The molecule has 0 aliphatic carbocycles. The van der Waals surface area contributed by atoms with Gasteiger partial charge < -0.3 is 4.74 Å². The second kappa shape index (κ2) is 7.20. The summed E-state index contributed by atoms with van der Waals surface area (Å²) in [6, 6.07) is 20.6. The van der Waals surface area contributed by atoms with Crippen molar-refractivity contribution in [2.45, 2.75) is 50.1 Å². The topological polar surface area (TPSA) is 29.6 Å². The zero-order chi connectivity index (χ0) is 17.0. The first-order chi connectivity index (χ1) is 11.7. The van der Waals surface area contributed by atoms with Crippen LogP contribution in [0.15, 0.2) is 60.7 Å². The van der Waals surface area contributed by atoms with Crippen molar-refractivity contribution in [3.05, 3.63) is 71.8 Å². The normalized spacial score (nSPS) is 22.9. The Morgan fingerprint density at radius 3 is 1.88 bits per heavy atom. The Hall–Kier alpha value is -1.45. The van der Waals surface area contributed by atoms with E-state index in [4.69, 9.17) is 4.74 Å². The number of benzene rings is 2. The Morgan fingerprint density at radius 2 is 1.42 bits per heavy atom. The van der Waals surface area contributed by atoms with Gasteiger partial charge in [-0.3, -0.25) is 4.21 Å². The predicted molar refractivity (Wildman–Crippen MR) is 100 cm³/mol. The van der Waals surface area contributed by atoms with Crippen LogP contribution in [0.2, 0.25) is 0 Å². The third-order valence-corrected chi connectivity index (χ3v) is 6.77. The number of hydrogen-bond donors (Lipinski definition) is 0. The molecule has 0 amide bonds. The quantitative estimate of drug-likeness (QED) is 0.631. The Balaban J connectivity index is 2.09. The van der Waals surface area contributed by atoms with Gasteiger partial charge in [-0.25, -0.2) is 0 Å². The van der Waals surface area contributed by atoms with Crippen LogP contribution in [0.5, 0.6) is 0 Å². The van der Waals surface area contributed by atoms with Crippen LogP contribution in [0.25, 0.3) is 0 Å².